The number of hydrogen-bond donors (Lipinski definition) is 3. The third-order valence-corrected chi connectivity index (χ3v) is 8.91. The number of anilines is 4. The number of halogens is 1. The molecular weight excluding hydrogens is 498 g/mol. The van der Waals surface area contributed by atoms with E-state index in [-0.39, 0.29) is 9.92 Å². The molecule has 2 aromatic carbocycles. The molecule has 8 nitrogen and oxygen atoms in total. The van der Waals surface area contributed by atoms with Crippen molar-refractivity contribution in [3.63, 3.8) is 0 Å². The molecule has 0 saturated carbocycles. The van der Waals surface area contributed by atoms with Crippen molar-refractivity contribution in [2.75, 3.05) is 30.8 Å². The zero-order chi connectivity index (χ0) is 25.9. The van der Waals surface area contributed by atoms with Gasteiger partial charge in [-0.15, -0.1) is 0 Å². The van der Waals surface area contributed by atoms with Crippen LogP contribution in [-0.2, 0) is 9.84 Å². The lowest BCUT2D eigenvalue weighted by atomic mass is 9.87. The van der Waals surface area contributed by atoms with Crippen molar-refractivity contribution in [1.29, 1.82) is 0 Å². The van der Waals surface area contributed by atoms with Crippen LogP contribution in [0.25, 0.3) is 0 Å². The molecule has 0 unspecified atom stereocenters. The Balaban J connectivity index is 1.63. The van der Waals surface area contributed by atoms with Crippen molar-refractivity contribution in [3.05, 3.63) is 58.7 Å². The van der Waals surface area contributed by atoms with Gasteiger partial charge < -0.3 is 20.7 Å². The summed E-state index contributed by atoms with van der Waals surface area (Å²) in [5.74, 6) is 1.80. The first-order chi connectivity index (χ1) is 17.2. The first-order valence-electron chi connectivity index (χ1n) is 12.0. The summed E-state index contributed by atoms with van der Waals surface area (Å²) in [7, 11) is -1.87. The highest BCUT2D eigenvalue weighted by molar-refractivity contribution is 7.92. The Bertz CT molecular complexity index is 1340. The molecule has 1 saturated heterocycles. The zero-order valence-corrected chi connectivity index (χ0v) is 22.5. The highest BCUT2D eigenvalue weighted by atomic mass is 35.5. The summed E-state index contributed by atoms with van der Waals surface area (Å²) in [4.78, 5) is 9.03. The van der Waals surface area contributed by atoms with E-state index in [1.165, 1.54) is 17.3 Å². The van der Waals surface area contributed by atoms with E-state index in [0.29, 0.717) is 29.1 Å². The molecule has 0 amide bonds. The van der Waals surface area contributed by atoms with Crippen molar-refractivity contribution in [1.82, 2.24) is 15.3 Å². The van der Waals surface area contributed by atoms with Gasteiger partial charge in [-0.25, -0.2) is 13.4 Å². The van der Waals surface area contributed by atoms with Gasteiger partial charge in [-0.2, -0.15) is 4.98 Å². The van der Waals surface area contributed by atoms with Gasteiger partial charge >= 0.3 is 0 Å². The van der Waals surface area contributed by atoms with Gasteiger partial charge in [-0.05, 0) is 88.0 Å². The topological polar surface area (TPSA) is 105 Å². The lowest BCUT2D eigenvalue weighted by Crippen LogP contribution is -2.27. The van der Waals surface area contributed by atoms with Crippen LogP contribution in [0.1, 0.15) is 43.7 Å². The quantitative estimate of drug-likeness (QED) is 0.347. The first-order valence-corrected chi connectivity index (χ1v) is 13.9. The van der Waals surface area contributed by atoms with Crippen LogP contribution in [0.2, 0.25) is 5.02 Å². The highest BCUT2D eigenvalue weighted by Crippen LogP contribution is 2.37. The fourth-order valence-corrected chi connectivity index (χ4v) is 5.72. The molecule has 4 rings (SSSR count). The summed E-state index contributed by atoms with van der Waals surface area (Å²) < 4.78 is 31.4. The second-order valence-corrected chi connectivity index (χ2v) is 12.0. The van der Waals surface area contributed by atoms with E-state index in [1.54, 1.807) is 45.2 Å². The normalized spacial score (nSPS) is 14.6. The number of methoxy groups -OCH3 is 1. The second kappa shape index (κ2) is 11.0. The average Bonchev–Trinajstić information content (AvgIpc) is 2.87. The zero-order valence-electron chi connectivity index (χ0n) is 20.9. The van der Waals surface area contributed by atoms with Crippen molar-refractivity contribution in [3.8, 4) is 5.75 Å². The Labute approximate surface area is 217 Å². The number of ether oxygens (including phenoxy) is 1. The van der Waals surface area contributed by atoms with Crippen molar-refractivity contribution >= 4 is 44.6 Å². The van der Waals surface area contributed by atoms with Gasteiger partial charge in [0.1, 0.15) is 10.8 Å². The number of benzene rings is 2. The molecule has 2 heterocycles. The lowest BCUT2D eigenvalue weighted by Gasteiger charge is -2.25. The summed E-state index contributed by atoms with van der Waals surface area (Å²) in [6.07, 6.45) is 3.67. The SMILES string of the molecule is COc1cc(C2CCNCC2)c(C)cc1Nc1ncc(Cl)c(Nc2ccccc2S(=O)(=O)C(C)C)n1. The summed E-state index contributed by atoms with van der Waals surface area (Å²) in [6.45, 7) is 7.43. The minimum atomic E-state index is -3.51. The number of piperidine rings is 1. The molecular formula is C26H32ClN5O3S. The van der Waals surface area contributed by atoms with E-state index in [9.17, 15) is 8.42 Å². The number of nitrogens with zero attached hydrogens (tertiary/aromatic N) is 2. The minimum absolute atomic E-state index is 0.190. The monoisotopic (exact) mass is 529 g/mol. The van der Waals surface area contributed by atoms with Gasteiger partial charge in [0.2, 0.25) is 5.95 Å². The van der Waals surface area contributed by atoms with Crippen LogP contribution < -0.4 is 20.7 Å². The maximum absolute atomic E-state index is 12.8. The summed E-state index contributed by atoms with van der Waals surface area (Å²) in [6, 6.07) is 10.8. The minimum Gasteiger partial charge on any atom is -0.495 e. The molecule has 10 heteroatoms. The molecule has 0 atom stereocenters. The maximum atomic E-state index is 12.8. The number of rotatable bonds is 8. The predicted molar refractivity (Wildman–Crippen MR) is 145 cm³/mol. The van der Waals surface area contributed by atoms with Crippen LogP contribution in [0.15, 0.2) is 47.5 Å². The molecule has 192 valence electrons. The van der Waals surface area contributed by atoms with Gasteiger partial charge in [-0.1, -0.05) is 23.7 Å². The first kappa shape index (κ1) is 26.2. The molecule has 1 aromatic heterocycles. The Morgan fingerprint density at radius 1 is 1.11 bits per heavy atom. The molecule has 36 heavy (non-hydrogen) atoms. The highest BCUT2D eigenvalue weighted by Gasteiger charge is 2.23. The summed E-state index contributed by atoms with van der Waals surface area (Å²) >= 11 is 6.37. The van der Waals surface area contributed by atoms with Gasteiger partial charge in [0.25, 0.3) is 0 Å². The van der Waals surface area contributed by atoms with Crippen LogP contribution in [0.4, 0.5) is 23.1 Å². The number of aromatic nitrogens is 2. The third kappa shape index (κ3) is 5.58. The van der Waals surface area contributed by atoms with E-state index in [0.717, 1.165) is 31.6 Å². The molecule has 3 N–H and O–H groups in total. The molecule has 1 aliphatic heterocycles. The van der Waals surface area contributed by atoms with Gasteiger partial charge in [-0.3, -0.25) is 0 Å². The summed E-state index contributed by atoms with van der Waals surface area (Å²) in [5.41, 5.74) is 3.60. The van der Waals surface area contributed by atoms with E-state index in [1.807, 2.05) is 6.07 Å². The Hall–Kier alpha value is -2.88. The predicted octanol–water partition coefficient (Wildman–Crippen LogP) is 5.58. The van der Waals surface area contributed by atoms with Gasteiger partial charge in [0.15, 0.2) is 15.7 Å². The molecule has 1 aliphatic rings. The van der Waals surface area contributed by atoms with Crippen LogP contribution >= 0.6 is 11.6 Å². The smallest absolute Gasteiger partial charge is 0.229 e. The standard InChI is InChI=1S/C26H32ClN5O3S/c1-16(2)36(33,34)24-8-6-5-7-21(24)30-25-20(27)15-29-26(32-25)31-22-13-17(3)19(14-23(22)35-4)18-9-11-28-12-10-18/h5-8,13-16,18,28H,9-12H2,1-4H3,(H2,29,30,31,32). The summed E-state index contributed by atoms with van der Waals surface area (Å²) in [5, 5.41) is 9.42. The number of nitrogens with one attached hydrogen (secondary N) is 3. The Morgan fingerprint density at radius 3 is 2.53 bits per heavy atom. The molecule has 0 radical (unpaired) electrons. The van der Waals surface area contributed by atoms with E-state index >= 15 is 0 Å². The number of hydrogen-bond acceptors (Lipinski definition) is 8. The van der Waals surface area contributed by atoms with Crippen LogP contribution in [0, 0.1) is 6.92 Å². The van der Waals surface area contributed by atoms with E-state index < -0.39 is 15.1 Å². The average molecular weight is 530 g/mol. The van der Waals surface area contributed by atoms with Gasteiger partial charge in [0, 0.05) is 0 Å². The van der Waals surface area contributed by atoms with Gasteiger partial charge in [0.05, 0.1) is 34.8 Å². The molecule has 3 aromatic rings. The van der Waals surface area contributed by atoms with Crippen molar-refractivity contribution in [2.45, 2.75) is 49.7 Å². The third-order valence-electron chi connectivity index (χ3n) is 6.42. The van der Waals surface area contributed by atoms with E-state index in [2.05, 4.69) is 38.9 Å². The van der Waals surface area contributed by atoms with Crippen LogP contribution in [-0.4, -0.2) is 43.8 Å². The Kier molecular flexibility index (Phi) is 8.02. The molecule has 0 bridgehead atoms. The van der Waals surface area contributed by atoms with Crippen molar-refractivity contribution < 1.29 is 13.2 Å². The number of aryl methyl sites for hydroxylation is 1. The number of para-hydroxylation sites is 1. The molecule has 0 aliphatic carbocycles. The fourth-order valence-electron chi connectivity index (χ4n) is 4.38. The fraction of sp³-hybridized carbons (Fsp3) is 0.385. The van der Waals surface area contributed by atoms with Crippen LogP contribution in [0.3, 0.4) is 0 Å². The molecule has 0 spiro atoms. The second-order valence-electron chi connectivity index (χ2n) is 9.16. The molecule has 1 fully saturated rings. The lowest BCUT2D eigenvalue weighted by molar-refractivity contribution is 0.413. The van der Waals surface area contributed by atoms with E-state index in [4.69, 9.17) is 16.3 Å². The maximum Gasteiger partial charge on any atom is 0.229 e. The number of sulfone groups is 1. The Morgan fingerprint density at radius 2 is 1.83 bits per heavy atom. The van der Waals surface area contributed by atoms with Crippen molar-refractivity contribution in [2.24, 2.45) is 0 Å². The largest absolute Gasteiger partial charge is 0.495 e. The van der Waals surface area contributed by atoms with Crippen LogP contribution in [0.5, 0.6) is 5.75 Å².